The molecule has 0 amide bonds. The van der Waals surface area contributed by atoms with Gasteiger partial charge in [0.2, 0.25) is 0 Å². The van der Waals surface area contributed by atoms with Gasteiger partial charge in [-0.15, -0.1) is 0 Å². The summed E-state index contributed by atoms with van der Waals surface area (Å²) >= 11 is 3.46. The van der Waals surface area contributed by atoms with E-state index in [1.807, 2.05) is 0 Å². The summed E-state index contributed by atoms with van der Waals surface area (Å²) in [5, 5.41) is 10.9. The summed E-state index contributed by atoms with van der Waals surface area (Å²) in [6.45, 7) is 4.30. The molecule has 7 heteroatoms. The van der Waals surface area contributed by atoms with Crippen LogP contribution in [-0.4, -0.2) is 29.5 Å². The Morgan fingerprint density at radius 2 is 2.40 bits per heavy atom. The van der Waals surface area contributed by atoms with Gasteiger partial charge in [0.1, 0.15) is 12.0 Å². The van der Waals surface area contributed by atoms with E-state index in [1.165, 1.54) is 12.6 Å². The van der Waals surface area contributed by atoms with Gasteiger partial charge in [-0.05, 0) is 54.6 Å². The molecule has 2 heterocycles. The van der Waals surface area contributed by atoms with E-state index in [-0.39, 0.29) is 5.69 Å². The molecule has 0 aromatic carbocycles. The molecule has 6 nitrogen and oxygen atoms in total. The molecule has 20 heavy (non-hydrogen) atoms. The maximum Gasteiger partial charge on any atom is 0.291 e. The van der Waals surface area contributed by atoms with Gasteiger partial charge in [-0.3, -0.25) is 10.1 Å². The van der Waals surface area contributed by atoms with Crippen molar-refractivity contribution in [2.75, 3.05) is 24.5 Å². The second-order valence-corrected chi connectivity index (χ2v) is 5.99. The number of piperidine rings is 1. The van der Waals surface area contributed by atoms with E-state index >= 15 is 0 Å². The average molecular weight is 343 g/mol. The molecule has 1 unspecified atom stereocenters. The Morgan fingerprint density at radius 3 is 3.05 bits per heavy atom. The lowest BCUT2D eigenvalue weighted by Gasteiger charge is -2.34. The van der Waals surface area contributed by atoms with Crippen LogP contribution >= 0.6 is 15.9 Å². The number of nitrogens with zero attached hydrogens (tertiary/aromatic N) is 3. The molecule has 1 atom stereocenters. The fraction of sp³-hybridized carbons (Fsp3) is 0.615. The fourth-order valence-corrected chi connectivity index (χ4v) is 3.25. The summed E-state index contributed by atoms with van der Waals surface area (Å²) in [5.74, 6) is 1.38. The van der Waals surface area contributed by atoms with Gasteiger partial charge >= 0.3 is 0 Å². The second kappa shape index (κ2) is 6.49. The number of pyridine rings is 1. The number of nitrogens with two attached hydrogens (primary N) is 1. The molecule has 0 spiro atoms. The Morgan fingerprint density at radius 1 is 1.65 bits per heavy atom. The van der Waals surface area contributed by atoms with Crippen LogP contribution in [0.2, 0.25) is 0 Å². The highest BCUT2D eigenvalue weighted by Gasteiger charge is 2.25. The molecule has 1 aliphatic rings. The maximum absolute atomic E-state index is 10.9. The third kappa shape index (κ3) is 3.09. The highest BCUT2D eigenvalue weighted by atomic mass is 79.9. The van der Waals surface area contributed by atoms with E-state index in [9.17, 15) is 10.1 Å². The van der Waals surface area contributed by atoms with Crippen LogP contribution < -0.4 is 10.6 Å². The van der Waals surface area contributed by atoms with Crippen LogP contribution in [0.3, 0.4) is 0 Å². The van der Waals surface area contributed by atoms with E-state index in [4.69, 9.17) is 5.73 Å². The Kier molecular flexibility index (Phi) is 4.93. The van der Waals surface area contributed by atoms with Crippen LogP contribution in [0.1, 0.15) is 24.8 Å². The molecule has 0 saturated carbocycles. The van der Waals surface area contributed by atoms with Crippen LogP contribution in [0.4, 0.5) is 11.5 Å². The van der Waals surface area contributed by atoms with Crippen molar-refractivity contribution in [3.05, 3.63) is 26.3 Å². The van der Waals surface area contributed by atoms with Gasteiger partial charge in [0, 0.05) is 18.7 Å². The monoisotopic (exact) mass is 342 g/mol. The van der Waals surface area contributed by atoms with Gasteiger partial charge < -0.3 is 10.6 Å². The topological polar surface area (TPSA) is 85.3 Å². The SMILES string of the molecule is Cc1c([N+](=O)[O-])cnc(N2CCCC(CCN)C2)c1Br. The average Bonchev–Trinajstić information content (AvgIpc) is 2.42. The van der Waals surface area contributed by atoms with E-state index < -0.39 is 4.92 Å². The van der Waals surface area contributed by atoms with Crippen LogP contribution in [-0.2, 0) is 0 Å². The first kappa shape index (κ1) is 15.2. The first-order chi connectivity index (χ1) is 9.54. The van der Waals surface area contributed by atoms with Crippen LogP contribution in [0.5, 0.6) is 0 Å². The minimum absolute atomic E-state index is 0.0520. The molecule has 1 aromatic rings. The lowest BCUT2D eigenvalue weighted by atomic mass is 9.95. The normalized spacial score (nSPS) is 19.1. The zero-order valence-electron chi connectivity index (χ0n) is 11.5. The smallest absolute Gasteiger partial charge is 0.291 e. The van der Waals surface area contributed by atoms with E-state index in [2.05, 4.69) is 25.8 Å². The minimum Gasteiger partial charge on any atom is -0.355 e. The van der Waals surface area contributed by atoms with Crippen molar-refractivity contribution in [3.8, 4) is 0 Å². The number of hydrogen-bond acceptors (Lipinski definition) is 5. The van der Waals surface area contributed by atoms with Crippen molar-refractivity contribution in [2.45, 2.75) is 26.2 Å². The molecule has 1 saturated heterocycles. The third-order valence-corrected chi connectivity index (χ3v) is 4.76. The number of aromatic nitrogens is 1. The molecule has 2 N–H and O–H groups in total. The quantitative estimate of drug-likeness (QED) is 0.671. The third-order valence-electron chi connectivity index (χ3n) is 3.81. The van der Waals surface area contributed by atoms with E-state index in [0.29, 0.717) is 18.0 Å². The molecule has 0 aliphatic carbocycles. The van der Waals surface area contributed by atoms with E-state index in [1.54, 1.807) is 6.92 Å². The van der Waals surface area contributed by atoms with Crippen LogP contribution in [0.15, 0.2) is 10.7 Å². The number of hydrogen-bond donors (Lipinski definition) is 1. The summed E-state index contributed by atoms with van der Waals surface area (Å²) in [7, 11) is 0. The summed E-state index contributed by atoms with van der Waals surface area (Å²) in [5.41, 5.74) is 6.31. The molecule has 1 aliphatic heterocycles. The lowest BCUT2D eigenvalue weighted by Crippen LogP contribution is -2.37. The van der Waals surface area contributed by atoms with Gasteiger partial charge in [-0.25, -0.2) is 4.98 Å². The van der Waals surface area contributed by atoms with Crippen LogP contribution in [0.25, 0.3) is 0 Å². The van der Waals surface area contributed by atoms with Crippen molar-refractivity contribution >= 4 is 27.4 Å². The predicted molar refractivity (Wildman–Crippen MR) is 81.9 cm³/mol. The molecular weight excluding hydrogens is 324 g/mol. The number of anilines is 1. The predicted octanol–water partition coefficient (Wildman–Crippen LogP) is 2.63. The molecule has 2 rings (SSSR count). The molecular formula is C13H19BrN4O2. The Balaban J connectivity index is 2.24. The summed E-state index contributed by atoms with van der Waals surface area (Å²) in [6.07, 6.45) is 4.66. The molecule has 0 bridgehead atoms. The van der Waals surface area contributed by atoms with Gasteiger partial charge in [0.05, 0.1) is 9.40 Å². The van der Waals surface area contributed by atoms with Crippen LogP contribution in [0, 0.1) is 23.0 Å². The van der Waals surface area contributed by atoms with Crippen molar-refractivity contribution in [3.63, 3.8) is 0 Å². The molecule has 110 valence electrons. The molecule has 1 aromatic heterocycles. The fourth-order valence-electron chi connectivity index (χ4n) is 2.69. The number of halogens is 1. The lowest BCUT2D eigenvalue weighted by molar-refractivity contribution is -0.385. The van der Waals surface area contributed by atoms with Gasteiger partial charge in [0.25, 0.3) is 5.69 Å². The van der Waals surface area contributed by atoms with Crippen molar-refractivity contribution in [2.24, 2.45) is 11.7 Å². The first-order valence-electron chi connectivity index (χ1n) is 6.79. The Bertz CT molecular complexity index is 507. The van der Waals surface area contributed by atoms with E-state index in [0.717, 1.165) is 36.2 Å². The van der Waals surface area contributed by atoms with Gasteiger partial charge in [-0.2, -0.15) is 0 Å². The highest BCUT2D eigenvalue weighted by Crippen LogP contribution is 2.34. The first-order valence-corrected chi connectivity index (χ1v) is 7.58. The molecule has 1 fully saturated rings. The standard InChI is InChI=1S/C13H19BrN4O2/c1-9-11(18(19)20)7-16-13(12(9)14)17-6-2-3-10(8-17)4-5-15/h7,10H,2-6,8,15H2,1H3. The largest absolute Gasteiger partial charge is 0.355 e. The molecule has 0 radical (unpaired) electrons. The summed E-state index contributed by atoms with van der Waals surface area (Å²) < 4.78 is 0.722. The zero-order chi connectivity index (χ0) is 14.7. The summed E-state index contributed by atoms with van der Waals surface area (Å²) in [4.78, 5) is 17.0. The van der Waals surface area contributed by atoms with Gasteiger partial charge in [-0.1, -0.05) is 0 Å². The van der Waals surface area contributed by atoms with Crippen molar-refractivity contribution in [1.82, 2.24) is 4.98 Å². The Labute approximate surface area is 126 Å². The minimum atomic E-state index is -0.399. The Hall–Kier alpha value is -1.21. The maximum atomic E-state index is 10.9. The number of nitro groups is 1. The summed E-state index contributed by atoms with van der Waals surface area (Å²) in [6, 6.07) is 0. The second-order valence-electron chi connectivity index (χ2n) is 5.19. The van der Waals surface area contributed by atoms with Crippen molar-refractivity contribution in [1.29, 1.82) is 0 Å². The highest BCUT2D eigenvalue weighted by molar-refractivity contribution is 9.10. The zero-order valence-corrected chi connectivity index (χ0v) is 13.1. The van der Waals surface area contributed by atoms with Crippen molar-refractivity contribution < 1.29 is 4.92 Å². The van der Waals surface area contributed by atoms with Gasteiger partial charge in [0.15, 0.2) is 0 Å². The number of rotatable bonds is 4.